The summed E-state index contributed by atoms with van der Waals surface area (Å²) in [5.74, 6) is -0.968. The van der Waals surface area contributed by atoms with Crippen molar-refractivity contribution in [2.24, 2.45) is 12.8 Å². The maximum Gasteiger partial charge on any atom is 0.352 e. The SMILES string of the molecule is Cn1c(C(=O)O)cc2c(Cl)c(CN)ccc21. The molecule has 0 radical (unpaired) electrons. The van der Waals surface area contributed by atoms with Crippen LogP contribution in [0.3, 0.4) is 0 Å². The quantitative estimate of drug-likeness (QED) is 0.841. The van der Waals surface area contributed by atoms with Gasteiger partial charge in [0.2, 0.25) is 0 Å². The highest BCUT2D eigenvalue weighted by molar-refractivity contribution is 6.36. The second-order valence-electron chi connectivity index (χ2n) is 3.57. The molecule has 1 aromatic heterocycles. The van der Waals surface area contributed by atoms with Crippen LogP contribution in [0, 0.1) is 0 Å². The minimum atomic E-state index is -0.968. The Bertz CT molecular complexity index is 575. The Labute approximate surface area is 97.2 Å². The van der Waals surface area contributed by atoms with Crippen LogP contribution in [0.1, 0.15) is 16.1 Å². The molecular weight excluding hydrogens is 228 g/mol. The molecule has 4 nitrogen and oxygen atoms in total. The van der Waals surface area contributed by atoms with Crippen molar-refractivity contribution in [3.8, 4) is 0 Å². The van der Waals surface area contributed by atoms with Crippen molar-refractivity contribution in [2.45, 2.75) is 6.54 Å². The van der Waals surface area contributed by atoms with E-state index in [1.54, 1.807) is 17.7 Å². The number of aryl methyl sites for hydroxylation is 1. The predicted molar refractivity (Wildman–Crippen MR) is 62.8 cm³/mol. The van der Waals surface area contributed by atoms with Crippen LogP contribution in [0.2, 0.25) is 5.02 Å². The van der Waals surface area contributed by atoms with Crippen LogP contribution in [-0.2, 0) is 13.6 Å². The van der Waals surface area contributed by atoms with Crippen LogP contribution >= 0.6 is 11.6 Å². The van der Waals surface area contributed by atoms with Crippen molar-refractivity contribution in [3.05, 3.63) is 34.5 Å². The maximum absolute atomic E-state index is 11.0. The molecule has 0 spiro atoms. The third kappa shape index (κ3) is 1.47. The predicted octanol–water partition coefficient (Wildman–Crippen LogP) is 1.99. The van der Waals surface area contributed by atoms with Crippen LogP contribution in [0.15, 0.2) is 18.2 Å². The Hall–Kier alpha value is -1.52. The van der Waals surface area contributed by atoms with Gasteiger partial charge in [-0.15, -0.1) is 0 Å². The summed E-state index contributed by atoms with van der Waals surface area (Å²) in [6.07, 6.45) is 0. The highest BCUT2D eigenvalue weighted by atomic mass is 35.5. The number of fused-ring (bicyclic) bond motifs is 1. The molecule has 0 aliphatic heterocycles. The zero-order valence-corrected chi connectivity index (χ0v) is 9.45. The van der Waals surface area contributed by atoms with Gasteiger partial charge in [0.25, 0.3) is 0 Å². The first-order chi connectivity index (χ1) is 7.56. The van der Waals surface area contributed by atoms with E-state index >= 15 is 0 Å². The third-order valence-corrected chi connectivity index (χ3v) is 3.13. The number of aromatic nitrogens is 1. The van der Waals surface area contributed by atoms with Crippen molar-refractivity contribution < 1.29 is 9.90 Å². The summed E-state index contributed by atoms with van der Waals surface area (Å²) in [6.45, 7) is 0.339. The third-order valence-electron chi connectivity index (χ3n) is 2.68. The first-order valence-electron chi connectivity index (χ1n) is 4.76. The fourth-order valence-electron chi connectivity index (χ4n) is 1.78. The van der Waals surface area contributed by atoms with Crippen molar-refractivity contribution in [3.63, 3.8) is 0 Å². The Morgan fingerprint density at radius 2 is 2.25 bits per heavy atom. The molecule has 0 saturated heterocycles. The molecule has 0 unspecified atom stereocenters. The van der Waals surface area contributed by atoms with Crippen molar-refractivity contribution in [1.82, 2.24) is 4.57 Å². The Morgan fingerprint density at radius 1 is 1.56 bits per heavy atom. The number of nitrogens with zero attached hydrogens (tertiary/aromatic N) is 1. The van der Waals surface area contributed by atoms with E-state index in [-0.39, 0.29) is 5.69 Å². The zero-order valence-electron chi connectivity index (χ0n) is 8.70. The number of halogens is 1. The van der Waals surface area contributed by atoms with Crippen molar-refractivity contribution in [2.75, 3.05) is 0 Å². The topological polar surface area (TPSA) is 68.2 Å². The van der Waals surface area contributed by atoms with Gasteiger partial charge in [0, 0.05) is 24.5 Å². The number of carboxylic acids is 1. The summed E-state index contributed by atoms with van der Waals surface area (Å²) in [6, 6.07) is 5.21. The molecule has 0 amide bonds. The number of rotatable bonds is 2. The minimum Gasteiger partial charge on any atom is -0.477 e. The standard InChI is InChI=1S/C11H11ClN2O2/c1-14-8-3-2-6(5-13)10(12)7(8)4-9(14)11(15)16/h2-4H,5,13H2,1H3,(H,15,16). The van der Waals surface area contributed by atoms with Crippen LogP contribution in [0.25, 0.3) is 10.9 Å². The number of benzene rings is 1. The van der Waals surface area contributed by atoms with Gasteiger partial charge in [-0.05, 0) is 17.7 Å². The first-order valence-corrected chi connectivity index (χ1v) is 5.14. The van der Waals surface area contributed by atoms with Crippen LogP contribution < -0.4 is 5.73 Å². The summed E-state index contributed by atoms with van der Waals surface area (Å²) < 4.78 is 1.60. The molecule has 1 heterocycles. The van der Waals surface area contributed by atoms with Crippen LogP contribution in [0.4, 0.5) is 0 Å². The van der Waals surface area contributed by atoms with E-state index < -0.39 is 5.97 Å². The summed E-state index contributed by atoms with van der Waals surface area (Å²) in [4.78, 5) is 11.0. The summed E-state index contributed by atoms with van der Waals surface area (Å²) in [5, 5.41) is 10.3. The normalized spacial score (nSPS) is 10.9. The number of hydrogen-bond donors (Lipinski definition) is 2. The van der Waals surface area contributed by atoms with Gasteiger partial charge in [-0.3, -0.25) is 0 Å². The largest absolute Gasteiger partial charge is 0.477 e. The lowest BCUT2D eigenvalue weighted by molar-refractivity contribution is 0.0687. The van der Waals surface area contributed by atoms with Crippen LogP contribution in [-0.4, -0.2) is 15.6 Å². The Balaban J connectivity index is 2.81. The lowest BCUT2D eigenvalue weighted by atomic mass is 10.1. The van der Waals surface area contributed by atoms with Gasteiger partial charge in [-0.1, -0.05) is 17.7 Å². The van der Waals surface area contributed by atoms with Gasteiger partial charge in [0.05, 0.1) is 5.02 Å². The Kier molecular flexibility index (Phi) is 2.61. The van der Waals surface area contributed by atoms with Gasteiger partial charge in [-0.25, -0.2) is 4.79 Å². The molecule has 1 aromatic carbocycles. The average molecular weight is 239 g/mol. The van der Waals surface area contributed by atoms with Crippen molar-refractivity contribution in [1.29, 1.82) is 0 Å². The molecule has 0 atom stereocenters. The molecule has 0 fully saturated rings. The van der Waals surface area contributed by atoms with Crippen LogP contribution in [0.5, 0.6) is 0 Å². The minimum absolute atomic E-state index is 0.214. The second kappa shape index (κ2) is 3.81. The lowest BCUT2D eigenvalue weighted by Gasteiger charge is -2.03. The smallest absolute Gasteiger partial charge is 0.352 e. The van der Waals surface area contributed by atoms with Crippen molar-refractivity contribution >= 4 is 28.5 Å². The van der Waals surface area contributed by atoms with E-state index in [1.807, 2.05) is 12.1 Å². The van der Waals surface area contributed by atoms with E-state index in [0.29, 0.717) is 11.6 Å². The van der Waals surface area contributed by atoms with Gasteiger partial charge in [0.1, 0.15) is 5.69 Å². The number of hydrogen-bond acceptors (Lipinski definition) is 2. The number of nitrogens with two attached hydrogens (primary N) is 1. The molecule has 2 rings (SSSR count). The number of carbonyl (C=O) groups is 1. The average Bonchev–Trinajstić information content (AvgIpc) is 2.58. The van der Waals surface area contributed by atoms with Gasteiger partial charge < -0.3 is 15.4 Å². The molecule has 0 aliphatic rings. The van der Waals surface area contributed by atoms with E-state index in [4.69, 9.17) is 22.4 Å². The highest BCUT2D eigenvalue weighted by Gasteiger charge is 2.14. The van der Waals surface area contributed by atoms with Gasteiger partial charge >= 0.3 is 5.97 Å². The molecule has 3 N–H and O–H groups in total. The summed E-state index contributed by atoms with van der Waals surface area (Å²) in [7, 11) is 1.70. The fraction of sp³-hybridized carbons (Fsp3) is 0.182. The number of carboxylic acid groups (broad SMARTS) is 1. The van der Waals surface area contributed by atoms with Gasteiger partial charge in [-0.2, -0.15) is 0 Å². The molecule has 84 valence electrons. The zero-order chi connectivity index (χ0) is 11.9. The highest BCUT2D eigenvalue weighted by Crippen LogP contribution is 2.29. The molecule has 2 aromatic rings. The molecule has 0 bridgehead atoms. The molecule has 5 heteroatoms. The summed E-state index contributed by atoms with van der Waals surface area (Å²) in [5.41, 5.74) is 7.36. The lowest BCUT2D eigenvalue weighted by Crippen LogP contribution is -2.03. The van der Waals surface area contributed by atoms with E-state index in [1.165, 1.54) is 0 Å². The fourth-order valence-corrected chi connectivity index (χ4v) is 2.08. The molecule has 0 aliphatic carbocycles. The molecular formula is C11H11ClN2O2. The number of aromatic carboxylic acids is 1. The maximum atomic E-state index is 11.0. The van der Waals surface area contributed by atoms with E-state index in [0.717, 1.165) is 16.5 Å². The second-order valence-corrected chi connectivity index (χ2v) is 3.95. The van der Waals surface area contributed by atoms with E-state index in [2.05, 4.69) is 0 Å². The molecule has 0 saturated carbocycles. The van der Waals surface area contributed by atoms with Gasteiger partial charge in [0.15, 0.2) is 0 Å². The Morgan fingerprint density at radius 3 is 2.81 bits per heavy atom. The summed E-state index contributed by atoms with van der Waals surface area (Å²) >= 11 is 6.15. The molecule has 16 heavy (non-hydrogen) atoms. The van der Waals surface area contributed by atoms with E-state index in [9.17, 15) is 4.79 Å². The first kappa shape index (κ1) is 11.0. The monoisotopic (exact) mass is 238 g/mol.